The number of piperidine rings is 1. The van der Waals surface area contributed by atoms with Crippen LogP contribution in [-0.4, -0.2) is 65.8 Å². The van der Waals surface area contributed by atoms with E-state index in [2.05, 4.69) is 9.62 Å². The van der Waals surface area contributed by atoms with Crippen LogP contribution in [0.3, 0.4) is 0 Å². The maximum Gasteiger partial charge on any atom is 0.248 e. The number of nitrogens with two attached hydrogens (primary N) is 1. The van der Waals surface area contributed by atoms with Crippen LogP contribution in [0.1, 0.15) is 55.5 Å². The Morgan fingerprint density at radius 3 is 2.59 bits per heavy atom. The molecule has 5 rings (SSSR count). The van der Waals surface area contributed by atoms with Crippen LogP contribution in [-0.2, 0) is 20.4 Å². The van der Waals surface area contributed by atoms with E-state index in [1.54, 1.807) is 40.6 Å². The molecule has 3 aromatic rings. The summed E-state index contributed by atoms with van der Waals surface area (Å²) in [6.07, 6.45) is 6.53. The van der Waals surface area contributed by atoms with Gasteiger partial charge in [-0.05, 0) is 45.1 Å². The molecule has 1 unspecified atom stereocenters. The number of carbonyl (C=O) groups is 1. The van der Waals surface area contributed by atoms with Crippen molar-refractivity contribution in [3.05, 3.63) is 59.4 Å². The molecule has 0 spiro atoms. The van der Waals surface area contributed by atoms with E-state index in [4.69, 9.17) is 15.8 Å². The molecule has 4 heterocycles. The van der Waals surface area contributed by atoms with E-state index in [0.29, 0.717) is 17.8 Å². The van der Waals surface area contributed by atoms with Gasteiger partial charge >= 0.3 is 0 Å². The number of fused-ring (bicyclic) bond motifs is 1. The first-order chi connectivity index (χ1) is 17.5. The Labute approximate surface area is 217 Å². The summed E-state index contributed by atoms with van der Waals surface area (Å²) < 4.78 is 29.1. The zero-order valence-corrected chi connectivity index (χ0v) is 22.4. The second-order valence-electron chi connectivity index (χ2n) is 10.5. The van der Waals surface area contributed by atoms with E-state index in [1.165, 1.54) is 0 Å². The number of benzene rings is 1. The van der Waals surface area contributed by atoms with Crippen LogP contribution in [0, 0.1) is 6.92 Å². The normalized spacial score (nSPS) is 22.4. The lowest BCUT2D eigenvalue weighted by molar-refractivity contribution is -0.141. The largest absolute Gasteiger partial charge is 0.355 e. The van der Waals surface area contributed by atoms with Crippen molar-refractivity contribution in [3.63, 3.8) is 0 Å². The molecule has 0 bridgehead atoms. The minimum atomic E-state index is -3.68. The summed E-state index contributed by atoms with van der Waals surface area (Å²) >= 11 is 0. The van der Waals surface area contributed by atoms with Crippen LogP contribution in [0.25, 0.3) is 5.65 Å². The molecule has 2 aliphatic heterocycles. The highest BCUT2D eigenvalue weighted by molar-refractivity contribution is 7.88. The highest BCUT2D eigenvalue weighted by Gasteiger charge is 2.44. The molecule has 198 valence electrons. The molecule has 0 aliphatic carbocycles. The van der Waals surface area contributed by atoms with Gasteiger partial charge in [-0.1, -0.05) is 30.3 Å². The van der Waals surface area contributed by atoms with Crippen LogP contribution in [0.5, 0.6) is 0 Å². The smallest absolute Gasteiger partial charge is 0.248 e. The lowest BCUT2D eigenvalue weighted by Crippen LogP contribution is -2.56. The van der Waals surface area contributed by atoms with Gasteiger partial charge in [-0.2, -0.15) is 9.82 Å². The molecule has 10 nitrogen and oxygen atoms in total. The standard InChI is InChI=1S/C26H35N7O3S/c1-18-16-33-23(28-24(18)31-14-12-20(27)17-31)15-21(29-33)22-11-7-8-13-32(22)25(34)26(2,30-37(3,35)36)19-9-5-4-6-10-19/h4-6,9-10,15-16,20,22,30H,7-8,11-14,17,27H2,1-3H3/t20-,22-,26?/m0/s1. The predicted octanol–water partition coefficient (Wildman–Crippen LogP) is 2.09. The van der Waals surface area contributed by atoms with Crippen molar-refractivity contribution in [2.75, 3.05) is 30.8 Å². The Morgan fingerprint density at radius 1 is 1.16 bits per heavy atom. The van der Waals surface area contributed by atoms with Gasteiger partial charge in [0.2, 0.25) is 15.9 Å². The first kappa shape index (κ1) is 25.6. The zero-order valence-electron chi connectivity index (χ0n) is 21.6. The molecular formula is C26H35N7O3S. The van der Waals surface area contributed by atoms with Crippen molar-refractivity contribution in [1.29, 1.82) is 0 Å². The van der Waals surface area contributed by atoms with Gasteiger partial charge in [-0.25, -0.2) is 17.9 Å². The lowest BCUT2D eigenvalue weighted by atomic mass is 9.89. The molecule has 2 aromatic heterocycles. The molecule has 0 radical (unpaired) electrons. The van der Waals surface area contributed by atoms with Gasteiger partial charge in [0.25, 0.3) is 0 Å². The zero-order chi connectivity index (χ0) is 26.4. The number of aryl methyl sites for hydroxylation is 1. The second-order valence-corrected chi connectivity index (χ2v) is 12.2. The summed E-state index contributed by atoms with van der Waals surface area (Å²) in [4.78, 5) is 23.0. The van der Waals surface area contributed by atoms with Crippen LogP contribution in [0.2, 0.25) is 0 Å². The summed E-state index contributed by atoms with van der Waals surface area (Å²) in [5, 5.41) is 4.82. The molecule has 11 heteroatoms. The van der Waals surface area contributed by atoms with E-state index in [0.717, 1.165) is 62.1 Å². The van der Waals surface area contributed by atoms with Gasteiger partial charge in [-0.15, -0.1) is 0 Å². The maximum absolute atomic E-state index is 14.1. The van der Waals surface area contributed by atoms with Gasteiger partial charge < -0.3 is 15.5 Å². The molecule has 0 saturated carbocycles. The van der Waals surface area contributed by atoms with Gasteiger partial charge in [0, 0.05) is 43.5 Å². The van der Waals surface area contributed by atoms with Crippen molar-refractivity contribution in [2.45, 2.75) is 57.2 Å². The molecule has 1 amide bonds. The average Bonchev–Trinajstić information content (AvgIpc) is 3.48. The minimum absolute atomic E-state index is 0.152. The van der Waals surface area contributed by atoms with Crippen molar-refractivity contribution < 1.29 is 13.2 Å². The summed E-state index contributed by atoms with van der Waals surface area (Å²) in [6.45, 7) is 5.84. The number of amides is 1. The van der Waals surface area contributed by atoms with Gasteiger partial charge in [0.05, 0.1) is 18.0 Å². The number of hydrogen-bond donors (Lipinski definition) is 2. The lowest BCUT2D eigenvalue weighted by Gasteiger charge is -2.41. The van der Waals surface area contributed by atoms with Gasteiger partial charge in [-0.3, -0.25) is 4.79 Å². The summed E-state index contributed by atoms with van der Waals surface area (Å²) in [6, 6.07) is 10.8. The molecule has 2 saturated heterocycles. The molecule has 37 heavy (non-hydrogen) atoms. The molecular weight excluding hydrogens is 490 g/mol. The number of carbonyl (C=O) groups excluding carboxylic acids is 1. The van der Waals surface area contributed by atoms with E-state index >= 15 is 0 Å². The predicted molar refractivity (Wildman–Crippen MR) is 143 cm³/mol. The van der Waals surface area contributed by atoms with Crippen molar-refractivity contribution in [1.82, 2.24) is 24.2 Å². The SMILES string of the molecule is Cc1cn2nc([C@@H]3CCCCN3C(=O)C(C)(NS(C)(=O)=O)c3ccccc3)cc2nc1N1CC[C@H](N)C1. The second kappa shape index (κ2) is 9.70. The Balaban J connectivity index is 1.51. The van der Waals surface area contributed by atoms with Crippen molar-refractivity contribution >= 4 is 27.4 Å². The summed E-state index contributed by atoms with van der Waals surface area (Å²) in [5.74, 6) is 0.624. The molecule has 2 aliphatic rings. The summed E-state index contributed by atoms with van der Waals surface area (Å²) in [5.41, 5.74) is 7.75. The fourth-order valence-corrected chi connectivity index (χ4v) is 6.57. The summed E-state index contributed by atoms with van der Waals surface area (Å²) in [7, 11) is -3.68. The van der Waals surface area contributed by atoms with Gasteiger partial charge in [0.15, 0.2) is 5.65 Å². The monoisotopic (exact) mass is 525 g/mol. The molecule has 1 aromatic carbocycles. The highest BCUT2D eigenvalue weighted by Crippen LogP contribution is 2.35. The Bertz CT molecular complexity index is 1410. The number of anilines is 1. The number of sulfonamides is 1. The van der Waals surface area contributed by atoms with E-state index < -0.39 is 15.6 Å². The molecule has 2 fully saturated rings. The van der Waals surface area contributed by atoms with Gasteiger partial charge in [0.1, 0.15) is 11.4 Å². The Hall–Kier alpha value is -3.02. The fraction of sp³-hybridized carbons (Fsp3) is 0.500. The number of hydrogen-bond acceptors (Lipinski definition) is 7. The maximum atomic E-state index is 14.1. The highest BCUT2D eigenvalue weighted by atomic mass is 32.2. The third-order valence-corrected chi connectivity index (χ3v) is 8.20. The third kappa shape index (κ3) is 5.07. The number of aromatic nitrogens is 3. The third-order valence-electron chi connectivity index (χ3n) is 7.42. The average molecular weight is 526 g/mol. The first-order valence-electron chi connectivity index (χ1n) is 12.8. The minimum Gasteiger partial charge on any atom is -0.355 e. The van der Waals surface area contributed by atoms with E-state index in [-0.39, 0.29) is 18.0 Å². The number of nitrogens with zero attached hydrogens (tertiary/aromatic N) is 5. The number of nitrogens with one attached hydrogen (secondary N) is 1. The molecule has 3 N–H and O–H groups in total. The van der Waals surface area contributed by atoms with Crippen molar-refractivity contribution in [3.8, 4) is 0 Å². The van der Waals surface area contributed by atoms with E-state index in [9.17, 15) is 13.2 Å². The van der Waals surface area contributed by atoms with Crippen LogP contribution in [0.4, 0.5) is 5.82 Å². The van der Waals surface area contributed by atoms with Crippen LogP contribution in [0.15, 0.2) is 42.6 Å². The first-order valence-corrected chi connectivity index (χ1v) is 14.7. The van der Waals surface area contributed by atoms with Crippen molar-refractivity contribution in [2.24, 2.45) is 5.73 Å². The Kier molecular flexibility index (Phi) is 6.71. The number of likely N-dealkylation sites (tertiary alicyclic amines) is 1. The topological polar surface area (TPSA) is 126 Å². The van der Waals surface area contributed by atoms with Crippen LogP contribution < -0.4 is 15.4 Å². The fourth-order valence-electron chi connectivity index (χ4n) is 5.62. The van der Waals surface area contributed by atoms with E-state index in [1.807, 2.05) is 25.3 Å². The quantitative estimate of drug-likeness (QED) is 0.505. The van der Waals surface area contributed by atoms with Crippen LogP contribution >= 0.6 is 0 Å². The molecule has 3 atom stereocenters. The number of rotatable bonds is 6. The Morgan fingerprint density at radius 2 is 1.92 bits per heavy atom.